The summed E-state index contributed by atoms with van der Waals surface area (Å²) in [6.07, 6.45) is 0.950. The molecule has 0 saturated heterocycles. The molecule has 8 heteroatoms. The highest BCUT2D eigenvalue weighted by atomic mass is 16.5. The Morgan fingerprint density at radius 1 is 1.15 bits per heavy atom. The number of aryl methyl sites for hydroxylation is 2. The molecule has 0 aliphatic rings. The van der Waals surface area contributed by atoms with Crippen molar-refractivity contribution in [3.63, 3.8) is 0 Å². The summed E-state index contributed by atoms with van der Waals surface area (Å²) in [6.45, 7) is 11.3. The minimum Gasteiger partial charge on any atom is -0.380 e. The lowest BCUT2D eigenvalue weighted by atomic mass is 10.2. The first-order valence-electron chi connectivity index (χ1n) is 9.12. The zero-order valence-electron chi connectivity index (χ0n) is 16.4. The van der Waals surface area contributed by atoms with E-state index < -0.39 is 0 Å². The number of rotatable bonds is 6. The zero-order chi connectivity index (χ0) is 19.2. The molecule has 0 fully saturated rings. The molecule has 0 aliphatic heterocycles. The van der Waals surface area contributed by atoms with Crippen molar-refractivity contribution in [1.29, 1.82) is 0 Å². The topological polar surface area (TPSA) is 75.5 Å². The molecule has 0 aromatic carbocycles. The minimum absolute atomic E-state index is 0.229. The monoisotopic (exact) mass is 361 g/mol. The third-order valence-corrected chi connectivity index (χ3v) is 5.26. The molecule has 0 radical (unpaired) electrons. The summed E-state index contributed by atoms with van der Waals surface area (Å²) in [5, 5.41) is 0. The van der Waals surface area contributed by atoms with E-state index in [1.807, 2.05) is 25.2 Å². The van der Waals surface area contributed by atoms with Crippen LogP contribution in [0.25, 0.3) is 16.9 Å². The Balaban J connectivity index is 2.40. The van der Waals surface area contributed by atoms with E-state index in [2.05, 4.69) is 23.4 Å². The van der Waals surface area contributed by atoms with Crippen molar-refractivity contribution >= 4 is 16.9 Å². The van der Waals surface area contributed by atoms with Crippen molar-refractivity contribution in [1.82, 2.24) is 23.1 Å². The van der Waals surface area contributed by atoms with Crippen LogP contribution in [0.3, 0.4) is 0 Å². The summed E-state index contributed by atoms with van der Waals surface area (Å²) >= 11 is 0. The van der Waals surface area contributed by atoms with E-state index >= 15 is 0 Å². The first-order chi connectivity index (χ1) is 12.3. The lowest BCUT2D eigenvalue weighted by Crippen LogP contribution is -2.40. The predicted molar refractivity (Wildman–Crippen MR) is 101 cm³/mol. The highest BCUT2D eigenvalue weighted by Gasteiger charge is 2.23. The van der Waals surface area contributed by atoms with Crippen LogP contribution in [0.1, 0.15) is 44.6 Å². The summed E-state index contributed by atoms with van der Waals surface area (Å²) in [6, 6.07) is 0.250. The van der Waals surface area contributed by atoms with Crippen LogP contribution in [0.15, 0.2) is 9.59 Å². The van der Waals surface area contributed by atoms with Gasteiger partial charge < -0.3 is 9.30 Å². The maximum Gasteiger partial charge on any atom is 0.332 e. The second-order valence-corrected chi connectivity index (χ2v) is 6.71. The van der Waals surface area contributed by atoms with Crippen LogP contribution in [-0.4, -0.2) is 36.3 Å². The predicted octanol–water partition coefficient (Wildman–Crippen LogP) is 1.77. The van der Waals surface area contributed by atoms with E-state index in [1.54, 1.807) is 7.05 Å². The van der Waals surface area contributed by atoms with Gasteiger partial charge in [-0.1, -0.05) is 6.92 Å². The molecule has 0 aliphatic carbocycles. The molecule has 0 N–H and O–H groups in total. The fourth-order valence-corrected chi connectivity index (χ4v) is 3.48. The summed E-state index contributed by atoms with van der Waals surface area (Å²) in [5.41, 5.74) is 2.23. The van der Waals surface area contributed by atoms with Crippen LogP contribution in [0, 0.1) is 13.8 Å². The molecular formula is C18H27N5O3. The Bertz CT molecular complexity index is 1080. The first-order valence-corrected chi connectivity index (χ1v) is 9.12. The fourth-order valence-electron chi connectivity index (χ4n) is 3.48. The maximum absolute atomic E-state index is 13.1. The second-order valence-electron chi connectivity index (χ2n) is 6.71. The average Bonchev–Trinajstić information content (AvgIpc) is 3.12. The fraction of sp³-hybridized carbons (Fsp3) is 0.611. The molecule has 26 heavy (non-hydrogen) atoms. The number of aromatic nitrogens is 5. The molecule has 1 atom stereocenters. The third kappa shape index (κ3) is 2.51. The van der Waals surface area contributed by atoms with Crippen molar-refractivity contribution in [3.05, 3.63) is 32.2 Å². The van der Waals surface area contributed by atoms with Gasteiger partial charge in [0.1, 0.15) is 0 Å². The highest BCUT2D eigenvalue weighted by molar-refractivity contribution is 5.76. The second kappa shape index (κ2) is 6.75. The Kier molecular flexibility index (Phi) is 4.79. The van der Waals surface area contributed by atoms with Gasteiger partial charge in [0.25, 0.3) is 5.56 Å². The molecule has 3 aromatic rings. The van der Waals surface area contributed by atoms with Crippen molar-refractivity contribution in [2.75, 3.05) is 13.2 Å². The third-order valence-electron chi connectivity index (χ3n) is 5.26. The van der Waals surface area contributed by atoms with Gasteiger partial charge in [0.05, 0.1) is 13.2 Å². The Morgan fingerprint density at radius 2 is 1.85 bits per heavy atom. The number of imidazole rings is 2. The molecular weight excluding hydrogens is 334 g/mol. The van der Waals surface area contributed by atoms with Gasteiger partial charge in [-0.2, -0.15) is 4.98 Å². The number of ether oxygens (including phenoxy) is 1. The summed E-state index contributed by atoms with van der Waals surface area (Å²) in [5.74, 6) is 0.707. The quantitative estimate of drug-likeness (QED) is 0.627. The molecule has 3 aromatic heterocycles. The van der Waals surface area contributed by atoms with Gasteiger partial charge in [-0.3, -0.25) is 18.3 Å². The maximum atomic E-state index is 13.1. The van der Waals surface area contributed by atoms with Crippen molar-refractivity contribution in [2.24, 2.45) is 7.05 Å². The van der Waals surface area contributed by atoms with Crippen molar-refractivity contribution in [2.45, 2.75) is 53.6 Å². The average molecular weight is 361 g/mol. The Hall–Kier alpha value is -2.35. The van der Waals surface area contributed by atoms with Crippen LogP contribution in [0.5, 0.6) is 0 Å². The largest absolute Gasteiger partial charge is 0.380 e. The van der Waals surface area contributed by atoms with Crippen LogP contribution in [-0.2, 0) is 18.3 Å². The van der Waals surface area contributed by atoms with Crippen LogP contribution >= 0.6 is 0 Å². The lowest BCUT2D eigenvalue weighted by molar-refractivity contribution is 0.137. The standard InChI is InChI=1S/C18H27N5O3/c1-7-11(3)22-12(4)13(5)23-14-15(19-17(22)23)20(6)18(25)21(16(14)24)9-10-26-8-2/h11H,7-10H2,1-6H3/t11-/m0/s1. The molecule has 3 heterocycles. The van der Waals surface area contributed by atoms with Gasteiger partial charge in [-0.25, -0.2) is 4.79 Å². The van der Waals surface area contributed by atoms with E-state index in [0.717, 1.165) is 17.8 Å². The molecule has 0 unspecified atom stereocenters. The van der Waals surface area contributed by atoms with Crippen molar-refractivity contribution < 1.29 is 4.74 Å². The zero-order valence-corrected chi connectivity index (χ0v) is 16.4. The van der Waals surface area contributed by atoms with Crippen LogP contribution in [0.2, 0.25) is 0 Å². The van der Waals surface area contributed by atoms with Crippen LogP contribution in [0.4, 0.5) is 0 Å². The summed E-state index contributed by atoms with van der Waals surface area (Å²) in [7, 11) is 1.66. The van der Waals surface area contributed by atoms with Gasteiger partial charge in [-0.05, 0) is 34.1 Å². The van der Waals surface area contributed by atoms with Crippen LogP contribution < -0.4 is 11.2 Å². The SMILES string of the molecule is CCOCCn1c(=O)c2c(nc3n([C@@H](C)CC)c(C)c(C)n23)n(C)c1=O. The number of fused-ring (bicyclic) bond motifs is 3. The number of hydrogen-bond acceptors (Lipinski definition) is 4. The number of nitrogens with zero attached hydrogens (tertiary/aromatic N) is 5. The minimum atomic E-state index is -0.368. The van der Waals surface area contributed by atoms with Crippen molar-refractivity contribution in [3.8, 4) is 0 Å². The molecule has 0 amide bonds. The van der Waals surface area contributed by atoms with Gasteiger partial charge in [0, 0.05) is 31.1 Å². The molecule has 142 valence electrons. The van der Waals surface area contributed by atoms with Gasteiger partial charge in [-0.15, -0.1) is 0 Å². The van der Waals surface area contributed by atoms with E-state index in [-0.39, 0.29) is 23.8 Å². The summed E-state index contributed by atoms with van der Waals surface area (Å²) < 4.78 is 12.0. The van der Waals surface area contributed by atoms with Gasteiger partial charge >= 0.3 is 5.69 Å². The molecule has 8 nitrogen and oxygen atoms in total. The van der Waals surface area contributed by atoms with E-state index in [1.165, 1.54) is 9.13 Å². The number of hydrogen-bond donors (Lipinski definition) is 0. The highest BCUT2D eigenvalue weighted by Crippen LogP contribution is 2.25. The Morgan fingerprint density at radius 3 is 2.46 bits per heavy atom. The molecule has 0 spiro atoms. The Labute approximate surface area is 151 Å². The molecule has 0 saturated carbocycles. The normalized spacial score (nSPS) is 13.2. The smallest absolute Gasteiger partial charge is 0.332 e. The lowest BCUT2D eigenvalue weighted by Gasteiger charge is -2.13. The molecule has 3 rings (SSSR count). The van der Waals surface area contributed by atoms with Gasteiger partial charge in [0.2, 0.25) is 5.78 Å². The summed E-state index contributed by atoms with van der Waals surface area (Å²) in [4.78, 5) is 30.4. The van der Waals surface area contributed by atoms with E-state index in [0.29, 0.717) is 30.2 Å². The molecule has 0 bridgehead atoms. The first kappa shape index (κ1) is 18.4. The van der Waals surface area contributed by atoms with E-state index in [4.69, 9.17) is 4.74 Å². The van der Waals surface area contributed by atoms with Gasteiger partial charge in [0.15, 0.2) is 11.2 Å². The van der Waals surface area contributed by atoms with E-state index in [9.17, 15) is 9.59 Å².